The van der Waals surface area contributed by atoms with Crippen LogP contribution in [0, 0.1) is 0 Å². The third-order valence-corrected chi connectivity index (χ3v) is 3.39. The lowest BCUT2D eigenvalue weighted by atomic mass is 9.95. The van der Waals surface area contributed by atoms with E-state index in [0.717, 1.165) is 25.1 Å². The highest BCUT2D eigenvalue weighted by Crippen LogP contribution is 2.37. The van der Waals surface area contributed by atoms with Crippen LogP contribution in [-0.4, -0.2) is 53.9 Å². The second kappa shape index (κ2) is 4.14. The second-order valence-electron chi connectivity index (χ2n) is 4.38. The zero-order valence-corrected chi connectivity index (χ0v) is 8.62. The largest absolute Gasteiger partial charge is 0.394 e. The molecule has 3 nitrogen and oxygen atoms in total. The van der Waals surface area contributed by atoms with E-state index >= 15 is 0 Å². The predicted molar refractivity (Wildman–Crippen MR) is 53.5 cm³/mol. The molecule has 2 fully saturated rings. The first kappa shape index (κ1) is 11.0. The van der Waals surface area contributed by atoms with Gasteiger partial charge in [0.2, 0.25) is 0 Å². The third-order valence-electron chi connectivity index (χ3n) is 3.39. The Hall–Kier alpha value is -0.550. The van der Waals surface area contributed by atoms with Crippen LogP contribution in [0.15, 0.2) is 4.99 Å². The predicted octanol–water partition coefficient (Wildman–Crippen LogP) is 0.923. The minimum atomic E-state index is -2.36. The quantitative estimate of drug-likeness (QED) is 0.764. The number of nitrogens with zero attached hydrogens (tertiary/aromatic N) is 2. The fourth-order valence-corrected chi connectivity index (χ4v) is 2.64. The van der Waals surface area contributed by atoms with E-state index in [1.807, 2.05) is 0 Å². The van der Waals surface area contributed by atoms with Crippen LogP contribution >= 0.6 is 0 Å². The lowest BCUT2D eigenvalue weighted by Gasteiger charge is -2.28. The highest BCUT2D eigenvalue weighted by Gasteiger charge is 2.46. The van der Waals surface area contributed by atoms with Crippen molar-refractivity contribution in [1.29, 1.82) is 0 Å². The Morgan fingerprint density at radius 1 is 1.53 bits per heavy atom. The number of hydrogen-bond acceptors (Lipinski definition) is 3. The van der Waals surface area contributed by atoms with Crippen LogP contribution in [-0.2, 0) is 0 Å². The summed E-state index contributed by atoms with van der Waals surface area (Å²) in [7, 11) is 0. The molecule has 2 saturated heterocycles. The minimum Gasteiger partial charge on any atom is -0.394 e. The third kappa shape index (κ3) is 2.03. The maximum Gasteiger partial charge on any atom is 0.257 e. The highest BCUT2D eigenvalue weighted by molar-refractivity contribution is 5.90. The van der Waals surface area contributed by atoms with Crippen molar-refractivity contribution in [3.8, 4) is 0 Å². The molecule has 0 aromatic heterocycles. The molecule has 0 aromatic carbocycles. The molecule has 0 saturated carbocycles. The Balaban J connectivity index is 2.02. The van der Waals surface area contributed by atoms with Crippen LogP contribution in [0.3, 0.4) is 0 Å². The van der Waals surface area contributed by atoms with E-state index in [1.54, 1.807) is 0 Å². The number of aliphatic imine (C=N–C) groups is 1. The average Bonchev–Trinajstić information content (AvgIpc) is 2.70. The summed E-state index contributed by atoms with van der Waals surface area (Å²) in [5.41, 5.74) is 0.644. The fraction of sp³-hybridized carbons (Fsp3) is 0.900. The molecule has 0 amide bonds. The average molecular weight is 218 g/mol. The van der Waals surface area contributed by atoms with Gasteiger partial charge >= 0.3 is 0 Å². The van der Waals surface area contributed by atoms with Gasteiger partial charge < -0.3 is 5.11 Å². The molecular formula is C10H16F2N2O. The number of aliphatic hydroxyl groups excluding tert-OH is 1. The Morgan fingerprint density at radius 2 is 2.33 bits per heavy atom. The Morgan fingerprint density at radius 3 is 2.93 bits per heavy atom. The molecule has 0 bridgehead atoms. The Bertz CT molecular complexity index is 270. The van der Waals surface area contributed by atoms with Gasteiger partial charge in [-0.15, -0.1) is 0 Å². The van der Waals surface area contributed by atoms with Crippen molar-refractivity contribution in [3.05, 3.63) is 0 Å². The van der Waals surface area contributed by atoms with E-state index in [1.165, 1.54) is 0 Å². The van der Waals surface area contributed by atoms with Gasteiger partial charge in [0.15, 0.2) is 0 Å². The zero-order valence-electron chi connectivity index (χ0n) is 8.62. The summed E-state index contributed by atoms with van der Waals surface area (Å²) in [6, 6.07) is 0. The van der Waals surface area contributed by atoms with Gasteiger partial charge in [-0.3, -0.25) is 9.89 Å². The minimum absolute atomic E-state index is 0.112. The SMILES string of the molecule is OCC12CCCN1C/C(=N\CC(F)F)C2. The number of aliphatic hydroxyl groups is 1. The van der Waals surface area contributed by atoms with Gasteiger partial charge in [-0.25, -0.2) is 8.78 Å². The van der Waals surface area contributed by atoms with E-state index in [4.69, 9.17) is 0 Å². The van der Waals surface area contributed by atoms with Crippen LogP contribution in [0.5, 0.6) is 0 Å². The molecular weight excluding hydrogens is 202 g/mol. The van der Waals surface area contributed by atoms with Gasteiger partial charge in [0.25, 0.3) is 6.43 Å². The first-order valence-electron chi connectivity index (χ1n) is 5.32. The van der Waals surface area contributed by atoms with Gasteiger partial charge in [0.1, 0.15) is 0 Å². The molecule has 1 unspecified atom stereocenters. The van der Waals surface area contributed by atoms with Gasteiger partial charge in [-0.1, -0.05) is 0 Å². The number of rotatable bonds is 3. The molecule has 2 rings (SSSR count). The van der Waals surface area contributed by atoms with Crippen LogP contribution in [0.2, 0.25) is 0 Å². The van der Waals surface area contributed by atoms with Crippen molar-refractivity contribution >= 4 is 5.71 Å². The Kier molecular flexibility index (Phi) is 3.02. The summed E-state index contributed by atoms with van der Waals surface area (Å²) in [6.07, 6.45) is 0.342. The molecule has 5 heteroatoms. The van der Waals surface area contributed by atoms with Gasteiger partial charge in [0.05, 0.1) is 13.2 Å². The van der Waals surface area contributed by atoms with Crippen molar-refractivity contribution in [2.75, 3.05) is 26.2 Å². The summed E-state index contributed by atoms with van der Waals surface area (Å²) >= 11 is 0. The lowest BCUT2D eigenvalue weighted by Crippen LogP contribution is -2.41. The van der Waals surface area contributed by atoms with Gasteiger partial charge in [-0.2, -0.15) is 0 Å². The summed E-state index contributed by atoms with van der Waals surface area (Å²) in [6.45, 7) is 1.33. The van der Waals surface area contributed by atoms with Crippen molar-refractivity contribution in [2.24, 2.45) is 4.99 Å². The van der Waals surface area contributed by atoms with Crippen molar-refractivity contribution in [3.63, 3.8) is 0 Å². The Labute approximate surface area is 87.8 Å². The molecule has 2 heterocycles. The van der Waals surface area contributed by atoms with E-state index in [0.29, 0.717) is 13.0 Å². The van der Waals surface area contributed by atoms with Crippen molar-refractivity contribution in [2.45, 2.75) is 31.2 Å². The van der Waals surface area contributed by atoms with Crippen molar-refractivity contribution in [1.82, 2.24) is 4.90 Å². The van der Waals surface area contributed by atoms with Crippen LogP contribution < -0.4 is 0 Å². The smallest absolute Gasteiger partial charge is 0.257 e. The van der Waals surface area contributed by atoms with E-state index in [-0.39, 0.29) is 12.1 Å². The van der Waals surface area contributed by atoms with E-state index in [9.17, 15) is 13.9 Å². The molecule has 1 N–H and O–H groups in total. The molecule has 86 valence electrons. The molecule has 15 heavy (non-hydrogen) atoms. The molecule has 0 aromatic rings. The summed E-state index contributed by atoms with van der Waals surface area (Å²) in [5.74, 6) is 0. The van der Waals surface area contributed by atoms with Crippen LogP contribution in [0.25, 0.3) is 0 Å². The normalized spacial score (nSPS) is 34.3. The summed E-state index contributed by atoms with van der Waals surface area (Å²) in [4.78, 5) is 6.09. The number of alkyl halides is 2. The summed E-state index contributed by atoms with van der Waals surface area (Å²) in [5, 5.41) is 9.38. The number of hydrogen-bond donors (Lipinski definition) is 1. The molecule has 2 aliphatic heterocycles. The fourth-order valence-electron chi connectivity index (χ4n) is 2.64. The van der Waals surface area contributed by atoms with Crippen LogP contribution in [0.1, 0.15) is 19.3 Å². The van der Waals surface area contributed by atoms with E-state index < -0.39 is 13.0 Å². The number of fused-ring (bicyclic) bond motifs is 1. The topological polar surface area (TPSA) is 35.8 Å². The van der Waals surface area contributed by atoms with Crippen LogP contribution in [0.4, 0.5) is 8.78 Å². The number of halogens is 2. The van der Waals surface area contributed by atoms with E-state index in [2.05, 4.69) is 9.89 Å². The summed E-state index contributed by atoms with van der Waals surface area (Å²) < 4.78 is 24.0. The maximum absolute atomic E-state index is 12.0. The van der Waals surface area contributed by atoms with Gasteiger partial charge in [0, 0.05) is 24.2 Å². The maximum atomic E-state index is 12.0. The second-order valence-corrected chi connectivity index (χ2v) is 4.38. The van der Waals surface area contributed by atoms with Crippen molar-refractivity contribution < 1.29 is 13.9 Å². The molecule has 2 aliphatic rings. The zero-order chi connectivity index (χ0) is 10.9. The molecule has 1 atom stereocenters. The standard InChI is InChI=1S/C10H16F2N2O/c11-9(12)5-13-8-4-10(7-15)2-1-3-14(10)6-8/h9,15H,1-7H2/b13-8-. The molecule has 0 aliphatic carbocycles. The first-order chi connectivity index (χ1) is 7.16. The lowest BCUT2D eigenvalue weighted by molar-refractivity contribution is 0.100. The van der Waals surface area contributed by atoms with Gasteiger partial charge in [-0.05, 0) is 19.4 Å². The monoisotopic (exact) mass is 218 g/mol. The molecule has 0 spiro atoms. The highest BCUT2D eigenvalue weighted by atomic mass is 19.3. The molecule has 0 radical (unpaired) electrons. The first-order valence-corrected chi connectivity index (χ1v) is 5.32.